The lowest BCUT2D eigenvalue weighted by Crippen LogP contribution is -2.25. The molecule has 1 aliphatic heterocycles. The smallest absolute Gasteiger partial charge is 0.305 e. The number of carbonyl (C=O) groups excluding carboxylic acids is 2. The zero-order valence-electron chi connectivity index (χ0n) is 23.4. The normalized spacial score (nSPS) is 18.1. The molecule has 0 aromatic rings. The molecule has 1 saturated heterocycles. The summed E-state index contributed by atoms with van der Waals surface area (Å²) in [5, 5.41) is 9.87. The van der Waals surface area contributed by atoms with Crippen molar-refractivity contribution in [2.45, 2.75) is 135 Å². The van der Waals surface area contributed by atoms with Crippen molar-refractivity contribution in [2.75, 3.05) is 13.2 Å². The molecular formula is C31H52O6. The van der Waals surface area contributed by atoms with Gasteiger partial charge in [0.15, 0.2) is 0 Å². The van der Waals surface area contributed by atoms with Gasteiger partial charge >= 0.3 is 11.9 Å². The Balaban J connectivity index is 1.95. The Hall–Kier alpha value is -1.92. The van der Waals surface area contributed by atoms with Gasteiger partial charge in [0.25, 0.3) is 0 Å². The summed E-state index contributed by atoms with van der Waals surface area (Å²) >= 11 is 0. The summed E-state index contributed by atoms with van der Waals surface area (Å²) in [6.07, 6.45) is 28.1. The van der Waals surface area contributed by atoms with Crippen LogP contribution in [0, 0.1) is 0 Å². The molecule has 0 amide bonds. The van der Waals surface area contributed by atoms with Crippen LogP contribution < -0.4 is 0 Å². The minimum atomic E-state index is -0.988. The highest BCUT2D eigenvalue weighted by Crippen LogP contribution is 2.30. The van der Waals surface area contributed by atoms with E-state index in [1.54, 1.807) is 0 Å². The van der Waals surface area contributed by atoms with E-state index in [2.05, 4.69) is 50.3 Å². The highest BCUT2D eigenvalue weighted by atomic mass is 16.6. The van der Waals surface area contributed by atoms with Crippen LogP contribution in [-0.2, 0) is 23.8 Å². The van der Waals surface area contributed by atoms with Gasteiger partial charge in [-0.3, -0.25) is 9.59 Å². The highest BCUT2D eigenvalue weighted by Gasteiger charge is 2.36. The highest BCUT2D eigenvalue weighted by molar-refractivity contribution is 5.69. The summed E-state index contributed by atoms with van der Waals surface area (Å²) in [5.41, 5.74) is 0. The average Bonchev–Trinajstić information content (AvgIpc) is 3.64. The van der Waals surface area contributed by atoms with E-state index in [0.717, 1.165) is 51.4 Å². The molecule has 0 bridgehead atoms. The molecule has 1 fully saturated rings. The monoisotopic (exact) mass is 520 g/mol. The van der Waals surface area contributed by atoms with Gasteiger partial charge in [0.2, 0.25) is 0 Å². The molecule has 1 heterocycles. The Labute approximate surface area is 225 Å². The van der Waals surface area contributed by atoms with Crippen LogP contribution in [0.25, 0.3) is 0 Å². The van der Waals surface area contributed by atoms with Crippen LogP contribution in [0.3, 0.4) is 0 Å². The summed E-state index contributed by atoms with van der Waals surface area (Å²) in [6.45, 7) is 4.08. The third kappa shape index (κ3) is 20.8. The molecule has 0 spiro atoms. The Morgan fingerprint density at radius 2 is 1.30 bits per heavy atom. The number of esters is 2. The molecule has 2 unspecified atom stereocenters. The zero-order valence-corrected chi connectivity index (χ0v) is 23.4. The quantitative estimate of drug-likeness (QED) is 0.0629. The zero-order chi connectivity index (χ0) is 27.0. The lowest BCUT2D eigenvalue weighted by atomic mass is 10.1. The second-order valence-corrected chi connectivity index (χ2v) is 9.91. The van der Waals surface area contributed by atoms with Crippen molar-refractivity contribution >= 4 is 11.9 Å². The number of carbonyl (C=O) groups is 2. The molecule has 0 radical (unpaired) electrons. The van der Waals surface area contributed by atoms with Crippen molar-refractivity contribution in [2.24, 2.45) is 0 Å². The van der Waals surface area contributed by atoms with Gasteiger partial charge in [-0.25, -0.2) is 0 Å². The predicted octanol–water partition coefficient (Wildman–Crippen LogP) is 7.15. The van der Waals surface area contributed by atoms with Crippen molar-refractivity contribution < 1.29 is 28.9 Å². The van der Waals surface area contributed by atoms with Gasteiger partial charge in [0.05, 0.1) is 12.2 Å². The lowest BCUT2D eigenvalue weighted by molar-refractivity contribution is -0.152. The van der Waals surface area contributed by atoms with E-state index in [1.165, 1.54) is 32.1 Å². The molecule has 1 N–H and O–H groups in total. The Morgan fingerprint density at radius 3 is 1.97 bits per heavy atom. The standard InChI is InChI=1S/C31H52O6/c1-3-5-7-9-10-11-12-13-14-15-17-18-21-28-29(37-28)22-20-24-31(34)36-26-27(32)25-35-30(33)23-19-16-8-6-4-2/h10-11,13-14,17-18,27-29,32H,3-9,12,15-16,19-26H2,1-2H3/b11-10-,14-13-,18-17-/t27-,28?,29?/m1/s1. The fraction of sp³-hybridized carbons (Fsp3) is 0.742. The van der Waals surface area contributed by atoms with Gasteiger partial charge in [-0.1, -0.05) is 88.8 Å². The van der Waals surface area contributed by atoms with Crippen molar-refractivity contribution in [3.8, 4) is 0 Å². The number of allylic oxidation sites excluding steroid dienone is 5. The van der Waals surface area contributed by atoms with Crippen molar-refractivity contribution in [1.82, 2.24) is 0 Å². The minimum absolute atomic E-state index is 0.141. The van der Waals surface area contributed by atoms with Crippen molar-refractivity contribution in [3.63, 3.8) is 0 Å². The topological polar surface area (TPSA) is 85.4 Å². The average molecular weight is 521 g/mol. The lowest BCUT2D eigenvalue weighted by Gasteiger charge is -2.12. The number of unbranched alkanes of at least 4 members (excludes halogenated alkanes) is 7. The fourth-order valence-electron chi connectivity index (χ4n) is 3.93. The summed E-state index contributed by atoms with van der Waals surface area (Å²) in [5.74, 6) is -0.658. The molecular weight excluding hydrogens is 468 g/mol. The Kier molecular flexibility index (Phi) is 20.8. The van der Waals surface area contributed by atoms with Crippen LogP contribution in [-0.4, -0.2) is 48.6 Å². The van der Waals surface area contributed by atoms with Crippen LogP contribution >= 0.6 is 0 Å². The van der Waals surface area contributed by atoms with Crippen LogP contribution in [0.4, 0.5) is 0 Å². The van der Waals surface area contributed by atoms with Crippen LogP contribution in [0.15, 0.2) is 36.5 Å². The van der Waals surface area contributed by atoms with E-state index in [4.69, 9.17) is 14.2 Å². The van der Waals surface area contributed by atoms with Gasteiger partial charge in [0.1, 0.15) is 19.3 Å². The molecule has 0 aromatic heterocycles. The number of ether oxygens (including phenoxy) is 3. The first-order valence-electron chi connectivity index (χ1n) is 14.7. The van der Waals surface area contributed by atoms with E-state index in [9.17, 15) is 14.7 Å². The van der Waals surface area contributed by atoms with Crippen LogP contribution in [0.2, 0.25) is 0 Å². The fourth-order valence-corrected chi connectivity index (χ4v) is 3.93. The maximum absolute atomic E-state index is 11.9. The van der Waals surface area contributed by atoms with Gasteiger partial charge in [-0.2, -0.15) is 0 Å². The van der Waals surface area contributed by atoms with Crippen molar-refractivity contribution in [1.29, 1.82) is 0 Å². The first-order chi connectivity index (χ1) is 18.1. The summed E-state index contributed by atoms with van der Waals surface area (Å²) in [4.78, 5) is 23.6. The van der Waals surface area contributed by atoms with E-state index in [1.807, 2.05) is 0 Å². The summed E-state index contributed by atoms with van der Waals surface area (Å²) in [7, 11) is 0. The molecule has 37 heavy (non-hydrogen) atoms. The number of aliphatic hydroxyl groups excluding tert-OH is 1. The molecule has 0 aliphatic carbocycles. The maximum Gasteiger partial charge on any atom is 0.305 e. The number of epoxide rings is 1. The third-order valence-electron chi connectivity index (χ3n) is 6.30. The third-order valence-corrected chi connectivity index (χ3v) is 6.30. The molecule has 1 aliphatic rings. The molecule has 3 atom stereocenters. The second kappa shape index (κ2) is 23.2. The SMILES string of the molecule is CCCCC/C=C\C/C=C\C/C=C\CC1OC1CCCC(=O)OC[C@H](O)COC(=O)CCCCCCC. The summed E-state index contributed by atoms with van der Waals surface area (Å²) < 4.78 is 15.8. The molecule has 0 aromatic carbocycles. The largest absolute Gasteiger partial charge is 0.463 e. The number of rotatable bonds is 24. The Morgan fingerprint density at radius 1 is 0.730 bits per heavy atom. The van der Waals surface area contributed by atoms with E-state index in [0.29, 0.717) is 19.3 Å². The molecule has 1 rings (SSSR count). The van der Waals surface area contributed by atoms with Crippen LogP contribution in [0.5, 0.6) is 0 Å². The number of hydrogen-bond acceptors (Lipinski definition) is 6. The summed E-state index contributed by atoms with van der Waals surface area (Å²) in [6, 6.07) is 0. The van der Waals surface area contributed by atoms with Crippen molar-refractivity contribution in [3.05, 3.63) is 36.5 Å². The predicted molar refractivity (Wildman–Crippen MR) is 149 cm³/mol. The maximum atomic E-state index is 11.9. The Bertz CT molecular complexity index is 669. The van der Waals surface area contributed by atoms with Crippen LogP contribution in [0.1, 0.15) is 117 Å². The van der Waals surface area contributed by atoms with Gasteiger partial charge < -0.3 is 19.3 Å². The van der Waals surface area contributed by atoms with E-state index in [-0.39, 0.29) is 37.4 Å². The van der Waals surface area contributed by atoms with Gasteiger partial charge in [-0.15, -0.1) is 0 Å². The molecule has 6 heteroatoms. The van der Waals surface area contributed by atoms with Gasteiger partial charge in [-0.05, 0) is 51.4 Å². The van der Waals surface area contributed by atoms with Gasteiger partial charge in [0, 0.05) is 12.8 Å². The molecule has 6 nitrogen and oxygen atoms in total. The molecule has 212 valence electrons. The molecule has 0 saturated carbocycles. The first-order valence-corrected chi connectivity index (χ1v) is 14.7. The minimum Gasteiger partial charge on any atom is -0.463 e. The number of aliphatic hydroxyl groups is 1. The van der Waals surface area contributed by atoms with E-state index >= 15 is 0 Å². The number of hydrogen-bond donors (Lipinski definition) is 1. The first kappa shape index (κ1) is 33.1. The van der Waals surface area contributed by atoms with E-state index < -0.39 is 6.10 Å². The second-order valence-electron chi connectivity index (χ2n) is 9.91.